The van der Waals surface area contributed by atoms with Gasteiger partial charge in [0.1, 0.15) is 0 Å². The minimum Gasteiger partial charge on any atom is -0.369 e. The number of benzene rings is 1. The van der Waals surface area contributed by atoms with Crippen molar-refractivity contribution < 1.29 is 8.42 Å². The minimum atomic E-state index is -3.00. The van der Waals surface area contributed by atoms with Crippen LogP contribution in [0.2, 0.25) is 0 Å². The molecule has 6 heteroatoms. The maximum Gasteiger partial charge on any atom is 0.157 e. The minimum absolute atomic E-state index is 0.182. The number of anilines is 1. The second-order valence-electron chi connectivity index (χ2n) is 4.15. The standard InChI is InChI=1S/C11H15BrN2O2S/c12-9-2-1-3-10(6-9)14-4-5-17(15,16)11(7-13)8-14/h1-3,6,11H,4-5,7-8,13H2. The lowest BCUT2D eigenvalue weighted by Gasteiger charge is -2.33. The van der Waals surface area contributed by atoms with Gasteiger partial charge in [0.05, 0.1) is 11.0 Å². The van der Waals surface area contributed by atoms with Crippen LogP contribution in [0.15, 0.2) is 28.7 Å². The fourth-order valence-corrected chi connectivity index (χ4v) is 3.88. The van der Waals surface area contributed by atoms with Crippen LogP contribution in [0.1, 0.15) is 0 Å². The van der Waals surface area contributed by atoms with Crippen LogP contribution in [0.25, 0.3) is 0 Å². The first kappa shape index (κ1) is 12.9. The molecule has 1 aromatic carbocycles. The van der Waals surface area contributed by atoms with E-state index in [9.17, 15) is 8.42 Å². The molecule has 1 aromatic rings. The Labute approximate surface area is 110 Å². The average molecular weight is 319 g/mol. The van der Waals surface area contributed by atoms with Gasteiger partial charge in [0, 0.05) is 29.8 Å². The number of sulfone groups is 1. The largest absolute Gasteiger partial charge is 0.369 e. The molecule has 1 atom stereocenters. The van der Waals surface area contributed by atoms with Crippen molar-refractivity contribution in [2.75, 3.05) is 30.3 Å². The number of nitrogens with zero attached hydrogens (tertiary/aromatic N) is 1. The summed E-state index contributed by atoms with van der Waals surface area (Å²) in [6, 6.07) is 7.87. The number of hydrogen-bond donors (Lipinski definition) is 1. The molecule has 1 unspecified atom stereocenters. The number of nitrogens with two attached hydrogens (primary N) is 1. The van der Waals surface area contributed by atoms with Crippen molar-refractivity contribution in [1.29, 1.82) is 0 Å². The summed E-state index contributed by atoms with van der Waals surface area (Å²) in [7, 11) is -3.00. The van der Waals surface area contributed by atoms with Crippen LogP contribution in [0.3, 0.4) is 0 Å². The van der Waals surface area contributed by atoms with Gasteiger partial charge in [0.15, 0.2) is 9.84 Å². The molecule has 94 valence electrons. The van der Waals surface area contributed by atoms with Gasteiger partial charge in [-0.05, 0) is 18.2 Å². The highest BCUT2D eigenvalue weighted by Crippen LogP contribution is 2.23. The molecule has 0 amide bonds. The summed E-state index contributed by atoms with van der Waals surface area (Å²) in [4.78, 5) is 2.07. The van der Waals surface area contributed by atoms with Crippen LogP contribution in [-0.2, 0) is 9.84 Å². The lowest BCUT2D eigenvalue weighted by atomic mass is 10.2. The highest BCUT2D eigenvalue weighted by atomic mass is 79.9. The monoisotopic (exact) mass is 318 g/mol. The van der Waals surface area contributed by atoms with Crippen LogP contribution in [0.4, 0.5) is 5.69 Å². The first-order valence-corrected chi connectivity index (χ1v) is 7.96. The fraction of sp³-hybridized carbons (Fsp3) is 0.455. The van der Waals surface area contributed by atoms with E-state index in [2.05, 4.69) is 20.8 Å². The third-order valence-corrected chi connectivity index (χ3v) is 5.62. The van der Waals surface area contributed by atoms with Gasteiger partial charge in [-0.2, -0.15) is 0 Å². The lowest BCUT2D eigenvalue weighted by molar-refractivity contribution is 0.563. The van der Waals surface area contributed by atoms with Crippen molar-refractivity contribution in [3.05, 3.63) is 28.7 Å². The molecular weight excluding hydrogens is 304 g/mol. The molecule has 2 N–H and O–H groups in total. The molecule has 1 aliphatic rings. The fourth-order valence-electron chi connectivity index (χ4n) is 1.98. The number of rotatable bonds is 2. The summed E-state index contributed by atoms with van der Waals surface area (Å²) in [6.45, 7) is 1.21. The van der Waals surface area contributed by atoms with Crippen molar-refractivity contribution in [3.8, 4) is 0 Å². The molecular formula is C11H15BrN2O2S. The molecule has 0 aromatic heterocycles. The van der Waals surface area contributed by atoms with Crippen molar-refractivity contribution in [1.82, 2.24) is 0 Å². The molecule has 1 heterocycles. The Morgan fingerprint density at radius 2 is 2.24 bits per heavy atom. The third-order valence-electron chi connectivity index (χ3n) is 3.01. The second kappa shape index (κ2) is 4.96. The molecule has 0 spiro atoms. The molecule has 0 radical (unpaired) electrons. The molecule has 0 aliphatic carbocycles. The first-order chi connectivity index (χ1) is 8.03. The van der Waals surface area contributed by atoms with Gasteiger partial charge in [-0.1, -0.05) is 22.0 Å². The van der Waals surface area contributed by atoms with E-state index in [0.29, 0.717) is 13.1 Å². The predicted molar refractivity (Wildman–Crippen MR) is 73.0 cm³/mol. The molecule has 0 saturated carbocycles. The molecule has 4 nitrogen and oxygen atoms in total. The van der Waals surface area contributed by atoms with Crippen LogP contribution in [0.5, 0.6) is 0 Å². The van der Waals surface area contributed by atoms with Crippen LogP contribution in [0, 0.1) is 0 Å². The maximum absolute atomic E-state index is 11.7. The summed E-state index contributed by atoms with van der Waals surface area (Å²) in [6.07, 6.45) is 0. The number of halogens is 1. The van der Waals surface area contributed by atoms with Crippen molar-refractivity contribution in [3.63, 3.8) is 0 Å². The van der Waals surface area contributed by atoms with E-state index in [-0.39, 0.29) is 12.3 Å². The SMILES string of the molecule is NCC1CN(c2cccc(Br)c2)CCS1(=O)=O. The zero-order chi connectivity index (χ0) is 12.5. The van der Waals surface area contributed by atoms with E-state index < -0.39 is 15.1 Å². The van der Waals surface area contributed by atoms with Gasteiger partial charge >= 0.3 is 0 Å². The molecule has 17 heavy (non-hydrogen) atoms. The van der Waals surface area contributed by atoms with Crippen LogP contribution < -0.4 is 10.6 Å². The Kier molecular flexibility index (Phi) is 3.75. The number of hydrogen-bond acceptors (Lipinski definition) is 4. The topological polar surface area (TPSA) is 63.4 Å². The van der Waals surface area contributed by atoms with Gasteiger partial charge in [0.25, 0.3) is 0 Å². The Hall–Kier alpha value is -0.590. The molecule has 1 aliphatic heterocycles. The van der Waals surface area contributed by atoms with Crippen molar-refractivity contribution >= 4 is 31.5 Å². The molecule has 1 saturated heterocycles. The Morgan fingerprint density at radius 1 is 1.47 bits per heavy atom. The quantitative estimate of drug-likeness (QED) is 0.884. The van der Waals surface area contributed by atoms with E-state index in [1.807, 2.05) is 24.3 Å². The summed E-state index contributed by atoms with van der Waals surface area (Å²) in [5.74, 6) is 0.182. The summed E-state index contributed by atoms with van der Waals surface area (Å²) < 4.78 is 24.5. The van der Waals surface area contributed by atoms with E-state index >= 15 is 0 Å². The lowest BCUT2D eigenvalue weighted by Crippen LogP contribution is -2.50. The van der Waals surface area contributed by atoms with Gasteiger partial charge < -0.3 is 10.6 Å². The normalized spacial score (nSPS) is 23.6. The van der Waals surface area contributed by atoms with Gasteiger partial charge in [0.2, 0.25) is 0 Å². The Morgan fingerprint density at radius 3 is 2.88 bits per heavy atom. The summed E-state index contributed by atoms with van der Waals surface area (Å²) in [5.41, 5.74) is 6.57. The highest BCUT2D eigenvalue weighted by Gasteiger charge is 2.31. The van der Waals surface area contributed by atoms with Crippen molar-refractivity contribution in [2.45, 2.75) is 5.25 Å². The zero-order valence-electron chi connectivity index (χ0n) is 9.34. The Balaban J connectivity index is 2.20. The highest BCUT2D eigenvalue weighted by molar-refractivity contribution is 9.10. The van der Waals surface area contributed by atoms with E-state index in [1.165, 1.54) is 0 Å². The summed E-state index contributed by atoms with van der Waals surface area (Å²) in [5, 5.41) is -0.449. The Bertz CT molecular complexity index is 504. The van der Waals surface area contributed by atoms with Crippen molar-refractivity contribution in [2.24, 2.45) is 5.73 Å². The smallest absolute Gasteiger partial charge is 0.157 e. The van der Waals surface area contributed by atoms with Crippen LogP contribution in [-0.4, -0.2) is 39.1 Å². The predicted octanol–water partition coefficient (Wildman–Crippen LogP) is 1.01. The van der Waals surface area contributed by atoms with E-state index in [0.717, 1.165) is 10.2 Å². The maximum atomic E-state index is 11.7. The second-order valence-corrected chi connectivity index (χ2v) is 7.47. The molecule has 1 fully saturated rings. The molecule has 0 bridgehead atoms. The van der Waals surface area contributed by atoms with Crippen LogP contribution >= 0.6 is 15.9 Å². The average Bonchev–Trinajstić information content (AvgIpc) is 2.28. The molecule has 2 rings (SSSR count). The van der Waals surface area contributed by atoms with Gasteiger partial charge in [-0.25, -0.2) is 8.42 Å². The van der Waals surface area contributed by atoms with E-state index in [4.69, 9.17) is 5.73 Å². The third kappa shape index (κ3) is 2.81. The summed E-state index contributed by atoms with van der Waals surface area (Å²) >= 11 is 3.41. The first-order valence-electron chi connectivity index (χ1n) is 5.45. The van der Waals surface area contributed by atoms with Gasteiger partial charge in [-0.15, -0.1) is 0 Å². The van der Waals surface area contributed by atoms with Gasteiger partial charge in [-0.3, -0.25) is 0 Å². The zero-order valence-corrected chi connectivity index (χ0v) is 11.7. The van der Waals surface area contributed by atoms with E-state index in [1.54, 1.807) is 0 Å².